The van der Waals surface area contributed by atoms with Crippen molar-refractivity contribution in [3.05, 3.63) is 85.1 Å². The number of rotatable bonds is 0. The van der Waals surface area contributed by atoms with Crippen LogP contribution in [0.3, 0.4) is 0 Å². The molecule has 1 nitrogen and oxygen atoms in total. The molecule has 1 fully saturated rings. The molecular weight excluding hydrogens is 382 g/mol. The van der Waals surface area contributed by atoms with E-state index in [1.807, 2.05) is 30.3 Å². The second kappa shape index (κ2) is 8.06. The zero-order valence-corrected chi connectivity index (χ0v) is 15.4. The molecule has 3 heteroatoms. The molecule has 0 spiro atoms. The summed E-state index contributed by atoms with van der Waals surface area (Å²) in [6.07, 6.45) is 2.48. The van der Waals surface area contributed by atoms with Crippen molar-refractivity contribution < 1.29 is 25.2 Å². The van der Waals surface area contributed by atoms with Crippen LogP contribution >= 0.6 is 9.90 Å². The summed E-state index contributed by atoms with van der Waals surface area (Å²) < 4.78 is 5.99. The first-order valence-electron chi connectivity index (χ1n) is 6.58. The van der Waals surface area contributed by atoms with Gasteiger partial charge in [-0.15, -0.1) is 5.92 Å². The van der Waals surface area contributed by atoms with E-state index in [0.29, 0.717) is 0 Å². The molecule has 4 atom stereocenters. The molecule has 2 aromatic carbocycles. The Labute approximate surface area is 150 Å². The summed E-state index contributed by atoms with van der Waals surface area (Å²) in [5.41, 5.74) is 3.68. The zero-order valence-electron chi connectivity index (χ0n) is 12.4. The van der Waals surface area contributed by atoms with Gasteiger partial charge in [0.15, 0.2) is 0 Å². The fourth-order valence-electron chi connectivity index (χ4n) is 2.86. The molecule has 2 aliphatic heterocycles. The van der Waals surface area contributed by atoms with Crippen LogP contribution in [0.25, 0.3) is 0 Å². The summed E-state index contributed by atoms with van der Waals surface area (Å²) >= 11 is 0. The van der Waals surface area contributed by atoms with E-state index in [0.717, 1.165) is 5.56 Å². The van der Waals surface area contributed by atoms with E-state index in [-0.39, 0.29) is 55.9 Å². The topological polar surface area (TPSA) is 9.23 Å². The molecule has 0 radical (unpaired) electrons. The quantitative estimate of drug-likeness (QED) is 0.279. The monoisotopic (exact) mass is 400 g/mol. The largest absolute Gasteiger partial charge is 2.00 e. The Morgan fingerprint density at radius 3 is 2.27 bits per heavy atom. The Bertz CT molecular complexity index is 675. The van der Waals surface area contributed by atoms with Gasteiger partial charge in [-0.3, -0.25) is 6.42 Å². The Kier molecular flexibility index (Phi) is 7.00. The molecule has 116 valence electrons. The molecule has 0 aromatic heterocycles. The molecule has 0 saturated carbocycles. The van der Waals surface area contributed by atoms with E-state index in [1.165, 1.54) is 11.1 Å². The fraction of sp³-hybridized carbons (Fsp3) is 0.158. The minimum atomic E-state index is 0. The Morgan fingerprint density at radius 1 is 0.909 bits per heavy atom. The summed E-state index contributed by atoms with van der Waals surface area (Å²) in [6.45, 7) is 0. The third-order valence-electron chi connectivity index (χ3n) is 3.77. The van der Waals surface area contributed by atoms with Crippen molar-refractivity contribution in [1.82, 2.24) is 0 Å². The van der Waals surface area contributed by atoms with Gasteiger partial charge in [0.05, 0.1) is 6.10 Å². The Morgan fingerprint density at radius 2 is 1.55 bits per heavy atom. The van der Waals surface area contributed by atoms with Crippen molar-refractivity contribution in [3.8, 4) is 11.8 Å². The van der Waals surface area contributed by atoms with Crippen LogP contribution in [0.1, 0.15) is 28.9 Å². The van der Waals surface area contributed by atoms with Crippen molar-refractivity contribution in [3.63, 3.8) is 0 Å². The molecular formula is C19H19OPPd. The average molecular weight is 401 g/mol. The number of hydrogen-bond acceptors (Lipinski definition) is 1. The molecule has 22 heavy (non-hydrogen) atoms. The van der Waals surface area contributed by atoms with Crippen LogP contribution in [0.2, 0.25) is 0 Å². The van der Waals surface area contributed by atoms with Gasteiger partial charge in [0.2, 0.25) is 0 Å². The molecule has 0 amide bonds. The van der Waals surface area contributed by atoms with Gasteiger partial charge < -0.3 is 12.2 Å². The smallest absolute Gasteiger partial charge is 0.399 e. The number of benzene rings is 2. The van der Waals surface area contributed by atoms with Crippen molar-refractivity contribution in [1.29, 1.82) is 0 Å². The molecule has 2 aliphatic rings. The van der Waals surface area contributed by atoms with Gasteiger partial charge >= 0.3 is 20.4 Å². The molecule has 0 aliphatic carbocycles. The molecule has 1 saturated heterocycles. The van der Waals surface area contributed by atoms with Crippen molar-refractivity contribution in [2.24, 2.45) is 5.92 Å². The van der Waals surface area contributed by atoms with Crippen molar-refractivity contribution in [2.45, 2.75) is 12.2 Å². The van der Waals surface area contributed by atoms with Gasteiger partial charge in [0.1, 0.15) is 0 Å². The summed E-state index contributed by atoms with van der Waals surface area (Å²) in [6, 6.07) is 18.6. The average Bonchev–Trinajstić information content (AvgIpc) is 3.05. The third kappa shape index (κ3) is 3.35. The fourth-order valence-corrected chi connectivity index (χ4v) is 2.86. The van der Waals surface area contributed by atoms with Crippen molar-refractivity contribution >= 4 is 9.90 Å². The summed E-state index contributed by atoms with van der Waals surface area (Å²) in [4.78, 5) is 0. The second-order valence-electron chi connectivity index (χ2n) is 4.96. The molecule has 4 unspecified atom stereocenters. The maximum absolute atomic E-state index is 5.99. The molecule has 0 N–H and O–H groups in total. The molecule has 2 aromatic rings. The van der Waals surface area contributed by atoms with Crippen LogP contribution in [0, 0.1) is 31.6 Å². The minimum Gasteiger partial charge on any atom is -0.399 e. The maximum atomic E-state index is 5.99. The van der Waals surface area contributed by atoms with E-state index in [4.69, 9.17) is 4.74 Å². The summed E-state index contributed by atoms with van der Waals surface area (Å²) in [5, 5.41) is 0. The van der Waals surface area contributed by atoms with Crippen LogP contribution in [-0.2, 0) is 25.2 Å². The van der Waals surface area contributed by atoms with Crippen LogP contribution in [0.5, 0.6) is 0 Å². The predicted octanol–water partition coefficient (Wildman–Crippen LogP) is 4.19. The molecule has 2 bridgehead atoms. The zero-order chi connectivity index (χ0) is 12.7. The second-order valence-corrected chi connectivity index (χ2v) is 4.96. The van der Waals surface area contributed by atoms with Crippen LogP contribution in [0.15, 0.2) is 54.6 Å². The first-order valence-corrected chi connectivity index (χ1v) is 6.58. The number of ether oxygens (including phenoxy) is 1. The Hall–Kier alpha value is -0.948. The first kappa shape index (κ1) is 19.1. The van der Waals surface area contributed by atoms with Crippen LogP contribution in [-0.4, -0.2) is 0 Å². The van der Waals surface area contributed by atoms with Crippen LogP contribution < -0.4 is 0 Å². The van der Waals surface area contributed by atoms with Gasteiger partial charge in [-0.2, -0.15) is 9.90 Å². The maximum Gasteiger partial charge on any atom is 2.00 e. The van der Waals surface area contributed by atoms with Gasteiger partial charge in [-0.05, 0) is 29.4 Å². The SMILES string of the molecule is C(#CC1[CH-]C2OC1c1ccccc12)c1ccccc1.P.[CH3-].[Pd+2]. The standard InChI is InChI=1S/C18H13O.CH3.H3P.Pd/c1-2-6-13(7-3-1)10-11-14-12-17-15-8-4-5-9-16(15)18(14)19-17;;;/h1-9,12,14,17-18H;2*1H3;/q2*-1;;+2. The van der Waals surface area contributed by atoms with Gasteiger partial charge in [-0.1, -0.05) is 54.3 Å². The van der Waals surface area contributed by atoms with E-state index < -0.39 is 0 Å². The molecule has 4 rings (SSSR count). The van der Waals surface area contributed by atoms with Crippen LogP contribution in [0.4, 0.5) is 0 Å². The first-order chi connectivity index (χ1) is 9.42. The van der Waals surface area contributed by atoms with E-state index in [9.17, 15) is 0 Å². The van der Waals surface area contributed by atoms with Gasteiger partial charge in [0.25, 0.3) is 0 Å². The number of hydrogen-bond donors (Lipinski definition) is 0. The molecule has 2 heterocycles. The van der Waals surface area contributed by atoms with Gasteiger partial charge in [-0.25, -0.2) is 0 Å². The predicted molar refractivity (Wildman–Crippen MR) is 91.6 cm³/mol. The minimum absolute atomic E-state index is 0. The Balaban J connectivity index is 0.000000807. The van der Waals surface area contributed by atoms with E-state index in [1.54, 1.807) is 0 Å². The van der Waals surface area contributed by atoms with E-state index in [2.05, 4.69) is 42.5 Å². The third-order valence-corrected chi connectivity index (χ3v) is 3.77. The van der Waals surface area contributed by atoms with E-state index >= 15 is 0 Å². The summed E-state index contributed by atoms with van der Waals surface area (Å²) in [7, 11) is 0. The van der Waals surface area contributed by atoms with Crippen molar-refractivity contribution in [2.75, 3.05) is 0 Å². The van der Waals surface area contributed by atoms with Gasteiger partial charge in [0, 0.05) is 5.56 Å². The summed E-state index contributed by atoms with van der Waals surface area (Å²) in [5.74, 6) is 6.79. The number of fused-ring (bicyclic) bond motifs is 5. The normalized spacial score (nSPS) is 23.0.